The van der Waals surface area contributed by atoms with Crippen LogP contribution in [-0.4, -0.2) is 37.4 Å². The molecular weight excluding hydrogens is 473 g/mol. The van der Waals surface area contributed by atoms with E-state index in [0.717, 1.165) is 22.5 Å². The predicted molar refractivity (Wildman–Crippen MR) is 124 cm³/mol. The number of carbonyl (C=O) groups excluding carboxylic acids is 1. The van der Waals surface area contributed by atoms with Crippen LogP contribution in [0.25, 0.3) is 16.9 Å². The Morgan fingerprint density at radius 2 is 1.78 bits per heavy atom. The summed E-state index contributed by atoms with van der Waals surface area (Å²) in [6.07, 6.45) is 1.54. The summed E-state index contributed by atoms with van der Waals surface area (Å²) in [5, 5.41) is 14.4. The lowest BCUT2D eigenvalue weighted by atomic mass is 10.1. The van der Waals surface area contributed by atoms with Crippen LogP contribution < -0.4 is 0 Å². The third-order valence-electron chi connectivity index (χ3n) is 4.81. The number of benzene rings is 2. The van der Waals surface area contributed by atoms with Gasteiger partial charge in [-0.1, -0.05) is 52.1 Å². The number of ether oxygens (including phenoxy) is 1. The molecule has 0 aliphatic rings. The molecule has 0 spiro atoms. The van der Waals surface area contributed by atoms with Crippen LogP contribution >= 0.6 is 34.8 Å². The first-order chi connectivity index (χ1) is 15.4. The van der Waals surface area contributed by atoms with Gasteiger partial charge in [-0.25, -0.2) is 14.2 Å². The van der Waals surface area contributed by atoms with Crippen molar-refractivity contribution in [2.24, 2.45) is 0 Å². The minimum absolute atomic E-state index is 0.141. The summed E-state index contributed by atoms with van der Waals surface area (Å²) < 4.78 is 8.29. The third-order valence-corrected chi connectivity index (χ3v) is 5.60. The van der Waals surface area contributed by atoms with Gasteiger partial charge in [0.1, 0.15) is 0 Å². The lowest BCUT2D eigenvalue weighted by Crippen LogP contribution is -2.05. The Morgan fingerprint density at radius 1 is 1.06 bits per heavy atom. The second-order valence-electron chi connectivity index (χ2n) is 6.96. The van der Waals surface area contributed by atoms with Crippen LogP contribution in [0, 0.1) is 6.92 Å². The molecule has 0 bridgehead atoms. The number of rotatable bonds is 6. The van der Waals surface area contributed by atoms with Crippen LogP contribution in [0.15, 0.2) is 48.7 Å². The highest BCUT2D eigenvalue weighted by atomic mass is 35.5. The molecule has 2 aromatic heterocycles. The molecule has 2 heterocycles. The van der Waals surface area contributed by atoms with E-state index in [1.807, 2.05) is 37.3 Å². The van der Waals surface area contributed by atoms with Crippen molar-refractivity contribution in [1.29, 1.82) is 0 Å². The van der Waals surface area contributed by atoms with Crippen LogP contribution in [0.2, 0.25) is 15.1 Å². The SMILES string of the molecule is CCOC(=O)c1cn(Cc2nn(-c3ccc(Cl)cc3Cl)c(-c3ccc(Cl)cc3)c2C)nn1. The Hall–Kier alpha value is -2.87. The molecule has 164 valence electrons. The zero-order valence-electron chi connectivity index (χ0n) is 17.2. The number of hydrogen-bond donors (Lipinski definition) is 0. The Morgan fingerprint density at radius 3 is 2.47 bits per heavy atom. The van der Waals surface area contributed by atoms with E-state index in [1.165, 1.54) is 6.20 Å². The highest BCUT2D eigenvalue weighted by Gasteiger charge is 2.20. The molecule has 0 aliphatic carbocycles. The molecule has 0 saturated carbocycles. The minimum Gasteiger partial charge on any atom is -0.461 e. The Balaban J connectivity index is 1.79. The van der Waals surface area contributed by atoms with Gasteiger partial charge in [0.05, 0.1) is 41.4 Å². The van der Waals surface area contributed by atoms with Gasteiger partial charge in [-0.2, -0.15) is 5.10 Å². The molecule has 7 nitrogen and oxygen atoms in total. The molecule has 0 radical (unpaired) electrons. The van der Waals surface area contributed by atoms with Crippen LogP contribution in [0.1, 0.15) is 28.7 Å². The molecular formula is C22H18Cl3N5O2. The highest BCUT2D eigenvalue weighted by Crippen LogP contribution is 2.33. The molecule has 0 saturated heterocycles. The fraction of sp³-hybridized carbons (Fsp3) is 0.182. The molecule has 4 rings (SSSR count). The van der Waals surface area contributed by atoms with Crippen molar-refractivity contribution in [3.8, 4) is 16.9 Å². The lowest BCUT2D eigenvalue weighted by Gasteiger charge is -2.11. The number of halogens is 3. The second-order valence-corrected chi connectivity index (χ2v) is 8.24. The van der Waals surface area contributed by atoms with Crippen LogP contribution in [0.4, 0.5) is 0 Å². The monoisotopic (exact) mass is 489 g/mol. The van der Waals surface area contributed by atoms with E-state index in [4.69, 9.17) is 44.6 Å². The Kier molecular flexibility index (Phi) is 6.50. The smallest absolute Gasteiger partial charge is 0.360 e. The summed E-state index contributed by atoms with van der Waals surface area (Å²) in [6.45, 7) is 4.27. The number of nitrogens with zero attached hydrogens (tertiary/aromatic N) is 5. The normalized spacial score (nSPS) is 11.0. The van der Waals surface area contributed by atoms with Gasteiger partial charge in [0.2, 0.25) is 0 Å². The lowest BCUT2D eigenvalue weighted by molar-refractivity contribution is 0.0519. The Labute approximate surface area is 199 Å². The summed E-state index contributed by atoms with van der Waals surface area (Å²) in [6, 6.07) is 12.7. The fourth-order valence-electron chi connectivity index (χ4n) is 3.29. The number of carbonyl (C=O) groups is 1. The summed E-state index contributed by atoms with van der Waals surface area (Å²) in [5.41, 5.74) is 4.26. The standard InChI is InChI=1S/C22H18Cl3N5O2/c1-3-32-22(31)19-12-29(28-26-19)11-18-13(2)21(14-4-6-15(23)7-5-14)30(27-18)20-9-8-16(24)10-17(20)25/h4-10,12H,3,11H2,1-2H3. The number of aromatic nitrogens is 5. The summed E-state index contributed by atoms with van der Waals surface area (Å²) >= 11 is 18.7. The molecule has 0 unspecified atom stereocenters. The average Bonchev–Trinajstić information content (AvgIpc) is 3.34. The molecule has 2 aromatic carbocycles. The van der Waals surface area contributed by atoms with Crippen molar-refractivity contribution in [3.05, 3.63) is 80.7 Å². The largest absolute Gasteiger partial charge is 0.461 e. The van der Waals surface area contributed by atoms with Gasteiger partial charge >= 0.3 is 5.97 Å². The minimum atomic E-state index is -0.518. The van der Waals surface area contributed by atoms with Gasteiger partial charge in [0, 0.05) is 21.2 Å². The maximum atomic E-state index is 11.9. The first-order valence-electron chi connectivity index (χ1n) is 9.74. The van der Waals surface area contributed by atoms with Gasteiger partial charge < -0.3 is 4.74 Å². The summed E-state index contributed by atoms with van der Waals surface area (Å²) in [7, 11) is 0. The van der Waals surface area contributed by atoms with Crippen molar-refractivity contribution in [1.82, 2.24) is 24.8 Å². The van der Waals surface area contributed by atoms with Crippen molar-refractivity contribution in [2.45, 2.75) is 20.4 Å². The van der Waals surface area contributed by atoms with E-state index in [9.17, 15) is 4.79 Å². The molecule has 0 amide bonds. The molecule has 10 heteroatoms. The first kappa shape index (κ1) is 22.3. The van der Waals surface area contributed by atoms with Crippen molar-refractivity contribution >= 4 is 40.8 Å². The van der Waals surface area contributed by atoms with Crippen LogP contribution in [-0.2, 0) is 11.3 Å². The molecule has 0 atom stereocenters. The van der Waals surface area contributed by atoms with Crippen molar-refractivity contribution in [2.75, 3.05) is 6.61 Å². The van der Waals surface area contributed by atoms with Gasteiger partial charge in [0.25, 0.3) is 0 Å². The van der Waals surface area contributed by atoms with Crippen molar-refractivity contribution in [3.63, 3.8) is 0 Å². The van der Waals surface area contributed by atoms with E-state index in [-0.39, 0.29) is 12.3 Å². The highest BCUT2D eigenvalue weighted by molar-refractivity contribution is 6.35. The molecule has 0 aliphatic heterocycles. The van der Waals surface area contributed by atoms with Gasteiger partial charge in [0.15, 0.2) is 5.69 Å². The van der Waals surface area contributed by atoms with Crippen molar-refractivity contribution < 1.29 is 9.53 Å². The fourth-order valence-corrected chi connectivity index (χ4v) is 3.91. The summed E-state index contributed by atoms with van der Waals surface area (Å²) in [5.74, 6) is -0.518. The average molecular weight is 491 g/mol. The van der Waals surface area contributed by atoms with Crippen LogP contribution in [0.3, 0.4) is 0 Å². The quantitative estimate of drug-likeness (QED) is 0.328. The molecule has 4 aromatic rings. The van der Waals surface area contributed by atoms with E-state index < -0.39 is 5.97 Å². The maximum Gasteiger partial charge on any atom is 0.360 e. The van der Waals surface area contributed by atoms with Gasteiger partial charge in [-0.3, -0.25) is 0 Å². The third kappa shape index (κ3) is 4.50. The van der Waals surface area contributed by atoms with Gasteiger partial charge in [-0.05, 0) is 44.2 Å². The van der Waals surface area contributed by atoms with Crippen LogP contribution in [0.5, 0.6) is 0 Å². The maximum absolute atomic E-state index is 11.9. The number of hydrogen-bond acceptors (Lipinski definition) is 5. The zero-order valence-corrected chi connectivity index (χ0v) is 19.5. The topological polar surface area (TPSA) is 74.8 Å². The summed E-state index contributed by atoms with van der Waals surface area (Å²) in [4.78, 5) is 11.9. The number of esters is 1. The molecule has 0 N–H and O–H groups in total. The predicted octanol–water partition coefficient (Wildman–Crippen LogP) is 5.62. The molecule has 0 fully saturated rings. The Bertz CT molecular complexity index is 1280. The van der Waals surface area contributed by atoms with E-state index in [2.05, 4.69) is 10.3 Å². The van der Waals surface area contributed by atoms with E-state index >= 15 is 0 Å². The first-order valence-corrected chi connectivity index (χ1v) is 10.9. The molecule has 32 heavy (non-hydrogen) atoms. The van der Waals surface area contributed by atoms with E-state index in [0.29, 0.717) is 27.3 Å². The van der Waals surface area contributed by atoms with E-state index in [1.54, 1.807) is 28.4 Å². The van der Waals surface area contributed by atoms with Gasteiger partial charge in [-0.15, -0.1) is 5.10 Å². The zero-order chi connectivity index (χ0) is 22.8. The second kappa shape index (κ2) is 9.32.